The standard InChI is InChI=1S/C26H24N4O4S/c31-26(28-16-20-10-12-22(13-11-20)29-15-14-27-19-29)25-17-30(23-8-4-5-9-24(23)34-25)35(32,33)18-21-6-2-1-3-7-21/h1-15,19,25H,16-18H2,(H,28,31). The van der Waals surface area contributed by atoms with E-state index in [1.165, 1.54) is 4.31 Å². The Labute approximate surface area is 203 Å². The summed E-state index contributed by atoms with van der Waals surface area (Å²) in [5, 5.41) is 2.87. The molecule has 0 radical (unpaired) electrons. The third-order valence-corrected chi connectivity index (χ3v) is 7.48. The molecule has 5 rings (SSSR count). The molecule has 0 saturated carbocycles. The molecule has 9 heteroatoms. The van der Waals surface area contributed by atoms with Gasteiger partial charge in [0.2, 0.25) is 10.0 Å². The number of sulfonamides is 1. The molecule has 1 N–H and O–H groups in total. The van der Waals surface area contributed by atoms with Gasteiger partial charge in [-0.05, 0) is 35.4 Å². The third kappa shape index (κ3) is 5.04. The number of rotatable bonds is 7. The lowest BCUT2D eigenvalue weighted by molar-refractivity contribution is -0.127. The molecule has 0 spiro atoms. The number of amides is 1. The van der Waals surface area contributed by atoms with Gasteiger partial charge in [0.1, 0.15) is 5.75 Å². The first kappa shape index (κ1) is 22.7. The van der Waals surface area contributed by atoms with Gasteiger partial charge < -0.3 is 14.6 Å². The number of benzene rings is 3. The quantitative estimate of drug-likeness (QED) is 0.431. The Hall–Kier alpha value is -4.11. The highest BCUT2D eigenvalue weighted by Crippen LogP contribution is 2.35. The van der Waals surface area contributed by atoms with Gasteiger partial charge in [0.05, 0.1) is 24.3 Å². The Morgan fingerprint density at radius 3 is 2.46 bits per heavy atom. The Morgan fingerprint density at radius 2 is 1.71 bits per heavy atom. The van der Waals surface area contributed by atoms with Crippen LogP contribution in [0.25, 0.3) is 5.69 Å². The van der Waals surface area contributed by atoms with Crippen LogP contribution in [0.2, 0.25) is 0 Å². The molecule has 1 unspecified atom stereocenters. The summed E-state index contributed by atoms with van der Waals surface area (Å²) in [6.07, 6.45) is 4.31. The van der Waals surface area contributed by atoms with Crippen LogP contribution in [-0.4, -0.2) is 36.5 Å². The highest BCUT2D eigenvalue weighted by atomic mass is 32.2. The average Bonchev–Trinajstić information content (AvgIpc) is 3.42. The fraction of sp³-hybridized carbons (Fsp3) is 0.154. The minimum Gasteiger partial charge on any atom is -0.476 e. The van der Waals surface area contributed by atoms with Crippen LogP contribution in [-0.2, 0) is 27.1 Å². The fourth-order valence-electron chi connectivity index (χ4n) is 3.97. The maximum Gasteiger partial charge on any atom is 0.263 e. The van der Waals surface area contributed by atoms with E-state index < -0.39 is 16.1 Å². The van der Waals surface area contributed by atoms with Crippen LogP contribution in [0, 0.1) is 0 Å². The summed E-state index contributed by atoms with van der Waals surface area (Å²) in [7, 11) is -3.74. The minimum absolute atomic E-state index is 0.0996. The molecule has 178 valence electrons. The predicted molar refractivity (Wildman–Crippen MR) is 133 cm³/mol. The van der Waals surface area contributed by atoms with Crippen molar-refractivity contribution < 1.29 is 17.9 Å². The van der Waals surface area contributed by atoms with Gasteiger partial charge in [-0.2, -0.15) is 0 Å². The number of nitrogens with one attached hydrogen (secondary N) is 1. The maximum absolute atomic E-state index is 13.3. The monoisotopic (exact) mass is 488 g/mol. The topological polar surface area (TPSA) is 93.5 Å². The highest BCUT2D eigenvalue weighted by Gasteiger charge is 2.36. The number of aromatic nitrogens is 2. The van der Waals surface area contributed by atoms with E-state index in [9.17, 15) is 13.2 Å². The fourth-order valence-corrected chi connectivity index (χ4v) is 5.55. The van der Waals surface area contributed by atoms with Crippen molar-refractivity contribution in [2.24, 2.45) is 0 Å². The largest absolute Gasteiger partial charge is 0.476 e. The number of fused-ring (bicyclic) bond motifs is 1. The van der Waals surface area contributed by atoms with Gasteiger partial charge in [-0.3, -0.25) is 9.10 Å². The summed E-state index contributed by atoms with van der Waals surface area (Å²) >= 11 is 0. The van der Waals surface area contributed by atoms with Crippen molar-refractivity contribution >= 4 is 21.6 Å². The lowest BCUT2D eigenvalue weighted by atomic mass is 10.2. The van der Waals surface area contributed by atoms with Gasteiger partial charge in [-0.15, -0.1) is 0 Å². The van der Waals surface area contributed by atoms with E-state index >= 15 is 0 Å². The number of imidazole rings is 1. The number of carbonyl (C=O) groups is 1. The van der Waals surface area contributed by atoms with Crippen LogP contribution < -0.4 is 14.4 Å². The van der Waals surface area contributed by atoms with Crippen molar-refractivity contribution in [1.82, 2.24) is 14.9 Å². The predicted octanol–water partition coefficient (Wildman–Crippen LogP) is 3.29. The lowest BCUT2D eigenvalue weighted by Crippen LogP contribution is -2.50. The second kappa shape index (κ2) is 9.63. The number of nitrogens with zero attached hydrogens (tertiary/aromatic N) is 3. The number of hydrogen-bond donors (Lipinski definition) is 1. The van der Waals surface area contributed by atoms with Crippen LogP contribution >= 0.6 is 0 Å². The van der Waals surface area contributed by atoms with Crippen molar-refractivity contribution in [3.05, 3.63) is 109 Å². The van der Waals surface area contributed by atoms with E-state index in [1.54, 1.807) is 61.1 Å². The molecule has 0 aliphatic carbocycles. The van der Waals surface area contributed by atoms with Crippen LogP contribution in [0.5, 0.6) is 5.75 Å². The summed E-state index contributed by atoms with van der Waals surface area (Å²) in [4.78, 5) is 17.0. The molecule has 1 amide bonds. The molecule has 0 saturated heterocycles. The zero-order chi connectivity index (χ0) is 24.3. The molecule has 2 heterocycles. The Kier molecular flexibility index (Phi) is 6.24. The Balaban J connectivity index is 1.30. The van der Waals surface area contributed by atoms with Gasteiger partial charge in [0.15, 0.2) is 6.10 Å². The third-order valence-electron chi connectivity index (χ3n) is 5.76. The summed E-state index contributed by atoms with van der Waals surface area (Å²) in [5.41, 5.74) is 2.98. The Bertz CT molecular complexity index is 1410. The molecule has 1 aromatic heterocycles. The summed E-state index contributed by atoms with van der Waals surface area (Å²) in [5.74, 6) is -0.182. The van der Waals surface area contributed by atoms with Crippen LogP contribution in [0.3, 0.4) is 0 Å². The second-order valence-electron chi connectivity index (χ2n) is 8.20. The number of carbonyl (C=O) groups excluding carboxylic acids is 1. The minimum atomic E-state index is -3.74. The van der Waals surface area contributed by atoms with E-state index in [-0.39, 0.29) is 18.2 Å². The number of anilines is 1. The zero-order valence-electron chi connectivity index (χ0n) is 18.8. The lowest BCUT2D eigenvalue weighted by Gasteiger charge is -2.34. The molecule has 35 heavy (non-hydrogen) atoms. The van der Waals surface area contributed by atoms with Crippen molar-refractivity contribution in [2.45, 2.75) is 18.4 Å². The van der Waals surface area contributed by atoms with E-state index in [4.69, 9.17) is 4.74 Å². The second-order valence-corrected chi connectivity index (χ2v) is 10.1. The van der Waals surface area contributed by atoms with Crippen molar-refractivity contribution in [1.29, 1.82) is 0 Å². The number of ether oxygens (including phenoxy) is 1. The molecular formula is C26H24N4O4S. The molecule has 1 aliphatic heterocycles. The molecule has 0 bridgehead atoms. The molecule has 4 aromatic rings. The van der Waals surface area contributed by atoms with Gasteiger partial charge in [0, 0.05) is 24.6 Å². The molecule has 1 aliphatic rings. The van der Waals surface area contributed by atoms with E-state index in [2.05, 4.69) is 10.3 Å². The van der Waals surface area contributed by atoms with Crippen molar-refractivity contribution in [3.8, 4) is 11.4 Å². The van der Waals surface area contributed by atoms with Gasteiger partial charge >= 0.3 is 0 Å². The maximum atomic E-state index is 13.3. The number of hydrogen-bond acceptors (Lipinski definition) is 5. The van der Waals surface area contributed by atoms with Crippen molar-refractivity contribution in [2.75, 3.05) is 10.8 Å². The van der Waals surface area contributed by atoms with Crippen molar-refractivity contribution in [3.63, 3.8) is 0 Å². The summed E-state index contributed by atoms with van der Waals surface area (Å²) < 4.78 is 35.7. The van der Waals surface area contributed by atoms with Gasteiger partial charge in [0.25, 0.3) is 5.91 Å². The molecule has 0 fully saturated rings. The van der Waals surface area contributed by atoms with Gasteiger partial charge in [-0.25, -0.2) is 13.4 Å². The van der Waals surface area contributed by atoms with Crippen LogP contribution in [0.1, 0.15) is 11.1 Å². The highest BCUT2D eigenvalue weighted by molar-refractivity contribution is 7.92. The normalized spacial score (nSPS) is 15.2. The summed E-state index contributed by atoms with van der Waals surface area (Å²) in [6, 6.07) is 23.6. The zero-order valence-corrected chi connectivity index (χ0v) is 19.6. The first-order valence-corrected chi connectivity index (χ1v) is 12.8. The number of para-hydroxylation sites is 2. The van der Waals surface area contributed by atoms with Gasteiger partial charge in [-0.1, -0.05) is 54.6 Å². The SMILES string of the molecule is O=C(NCc1ccc(-n2ccnc2)cc1)C1CN(S(=O)(=O)Cc2ccccc2)c2ccccc2O1. The molecule has 8 nitrogen and oxygen atoms in total. The van der Waals surface area contributed by atoms with E-state index in [1.807, 2.05) is 41.1 Å². The first-order valence-electron chi connectivity index (χ1n) is 11.1. The summed E-state index contributed by atoms with van der Waals surface area (Å²) in [6.45, 7) is 0.193. The first-order chi connectivity index (χ1) is 17.0. The van der Waals surface area contributed by atoms with E-state index in [0.29, 0.717) is 23.5 Å². The Morgan fingerprint density at radius 1 is 0.971 bits per heavy atom. The molecular weight excluding hydrogens is 464 g/mol. The van der Waals surface area contributed by atoms with Crippen LogP contribution in [0.15, 0.2) is 97.6 Å². The smallest absolute Gasteiger partial charge is 0.263 e. The molecule has 1 atom stereocenters. The average molecular weight is 489 g/mol. The van der Waals surface area contributed by atoms with Crippen LogP contribution in [0.4, 0.5) is 5.69 Å². The van der Waals surface area contributed by atoms with E-state index in [0.717, 1.165) is 11.3 Å². The molecule has 3 aromatic carbocycles.